The maximum atomic E-state index is 13.1. The van der Waals surface area contributed by atoms with Crippen molar-refractivity contribution in [2.75, 3.05) is 12.4 Å². The SMILES string of the molecule is COc1ccc(/C=C(\C#N)C(=O)Nc2ccc(F)cc2)c(OCc2c(C)ccc3ccccc23)c1. The van der Waals surface area contributed by atoms with Crippen molar-refractivity contribution in [3.05, 3.63) is 107 Å². The lowest BCUT2D eigenvalue weighted by molar-refractivity contribution is -0.112. The van der Waals surface area contributed by atoms with Crippen molar-refractivity contribution in [1.29, 1.82) is 5.26 Å². The van der Waals surface area contributed by atoms with Crippen molar-refractivity contribution >= 4 is 28.4 Å². The minimum absolute atomic E-state index is 0.120. The fourth-order valence-electron chi connectivity index (χ4n) is 3.71. The van der Waals surface area contributed by atoms with Gasteiger partial charge in [-0.05, 0) is 65.7 Å². The molecule has 1 N–H and O–H groups in total. The van der Waals surface area contributed by atoms with Crippen LogP contribution in [0.25, 0.3) is 16.8 Å². The molecule has 5 nitrogen and oxygen atoms in total. The van der Waals surface area contributed by atoms with Gasteiger partial charge in [0.1, 0.15) is 35.6 Å². The number of hydrogen-bond donors (Lipinski definition) is 1. The molecule has 0 fully saturated rings. The van der Waals surface area contributed by atoms with E-state index in [9.17, 15) is 14.4 Å². The lowest BCUT2D eigenvalue weighted by Gasteiger charge is -2.15. The van der Waals surface area contributed by atoms with Crippen molar-refractivity contribution in [3.8, 4) is 17.6 Å². The van der Waals surface area contributed by atoms with Crippen molar-refractivity contribution in [1.82, 2.24) is 0 Å². The fourth-order valence-corrected chi connectivity index (χ4v) is 3.71. The third-order valence-corrected chi connectivity index (χ3v) is 5.63. The van der Waals surface area contributed by atoms with E-state index in [0.717, 1.165) is 21.9 Å². The lowest BCUT2D eigenvalue weighted by atomic mass is 10.0. The highest BCUT2D eigenvalue weighted by molar-refractivity contribution is 6.09. The van der Waals surface area contributed by atoms with E-state index in [2.05, 4.69) is 29.6 Å². The summed E-state index contributed by atoms with van der Waals surface area (Å²) >= 11 is 0. The molecule has 4 rings (SSSR count). The molecular formula is C29H23FN2O3. The zero-order valence-corrected chi connectivity index (χ0v) is 19.3. The maximum absolute atomic E-state index is 13.1. The van der Waals surface area contributed by atoms with E-state index < -0.39 is 11.7 Å². The van der Waals surface area contributed by atoms with Gasteiger partial charge in [-0.3, -0.25) is 4.79 Å². The highest BCUT2D eigenvalue weighted by Crippen LogP contribution is 2.30. The Morgan fingerprint density at radius 1 is 1.06 bits per heavy atom. The topological polar surface area (TPSA) is 71.3 Å². The lowest BCUT2D eigenvalue weighted by Crippen LogP contribution is -2.13. The predicted octanol–water partition coefficient (Wildman–Crippen LogP) is 6.42. The number of halogens is 1. The largest absolute Gasteiger partial charge is 0.497 e. The first-order valence-electron chi connectivity index (χ1n) is 11.0. The smallest absolute Gasteiger partial charge is 0.266 e. The number of nitriles is 1. The molecule has 0 saturated heterocycles. The average molecular weight is 467 g/mol. The Labute approximate surface area is 203 Å². The minimum Gasteiger partial charge on any atom is -0.497 e. The molecule has 0 saturated carbocycles. The number of methoxy groups -OCH3 is 1. The fraction of sp³-hybridized carbons (Fsp3) is 0.103. The molecule has 4 aromatic carbocycles. The van der Waals surface area contributed by atoms with Crippen LogP contribution in [-0.4, -0.2) is 13.0 Å². The minimum atomic E-state index is -0.606. The molecule has 0 bridgehead atoms. The number of nitrogens with one attached hydrogen (secondary N) is 1. The van der Waals surface area contributed by atoms with Gasteiger partial charge < -0.3 is 14.8 Å². The quantitative estimate of drug-likeness (QED) is 0.252. The molecule has 1 amide bonds. The molecule has 0 aliphatic heterocycles. The van der Waals surface area contributed by atoms with E-state index in [0.29, 0.717) is 29.4 Å². The number of amides is 1. The van der Waals surface area contributed by atoms with Crippen LogP contribution in [0.5, 0.6) is 11.5 Å². The van der Waals surface area contributed by atoms with Gasteiger partial charge in [-0.1, -0.05) is 36.4 Å². The van der Waals surface area contributed by atoms with Gasteiger partial charge in [0.05, 0.1) is 7.11 Å². The zero-order valence-electron chi connectivity index (χ0n) is 19.3. The van der Waals surface area contributed by atoms with Crippen molar-refractivity contribution < 1.29 is 18.7 Å². The number of benzene rings is 4. The summed E-state index contributed by atoms with van der Waals surface area (Å²) in [5, 5.41) is 14.5. The van der Waals surface area contributed by atoms with Gasteiger partial charge in [0.2, 0.25) is 0 Å². The summed E-state index contributed by atoms with van der Waals surface area (Å²) in [6, 6.07) is 24.7. The van der Waals surface area contributed by atoms with Gasteiger partial charge in [-0.2, -0.15) is 5.26 Å². The summed E-state index contributed by atoms with van der Waals surface area (Å²) in [4.78, 5) is 12.7. The summed E-state index contributed by atoms with van der Waals surface area (Å²) in [6.07, 6.45) is 1.46. The summed E-state index contributed by atoms with van der Waals surface area (Å²) in [5.74, 6) is 0.0337. The second kappa shape index (κ2) is 10.5. The van der Waals surface area contributed by atoms with Crippen LogP contribution < -0.4 is 14.8 Å². The highest BCUT2D eigenvalue weighted by Gasteiger charge is 2.14. The third kappa shape index (κ3) is 5.48. The summed E-state index contributed by atoms with van der Waals surface area (Å²) in [6.45, 7) is 2.33. The van der Waals surface area contributed by atoms with Gasteiger partial charge >= 0.3 is 0 Å². The van der Waals surface area contributed by atoms with E-state index in [1.54, 1.807) is 25.3 Å². The molecule has 0 atom stereocenters. The molecule has 0 aliphatic rings. The second-order valence-corrected chi connectivity index (χ2v) is 7.91. The molecular weight excluding hydrogens is 443 g/mol. The Morgan fingerprint density at radius 3 is 2.57 bits per heavy atom. The summed E-state index contributed by atoms with van der Waals surface area (Å²) in [5.41, 5.74) is 2.96. The molecule has 0 heterocycles. The Kier molecular flexibility index (Phi) is 7.08. The number of ether oxygens (including phenoxy) is 2. The Morgan fingerprint density at radius 2 is 1.83 bits per heavy atom. The number of carbonyl (C=O) groups excluding carboxylic acids is 1. The van der Waals surface area contributed by atoms with E-state index in [4.69, 9.17) is 9.47 Å². The van der Waals surface area contributed by atoms with Crippen LogP contribution in [0.1, 0.15) is 16.7 Å². The van der Waals surface area contributed by atoms with Crippen LogP contribution in [0, 0.1) is 24.1 Å². The first-order chi connectivity index (χ1) is 17.0. The van der Waals surface area contributed by atoms with Crippen LogP contribution >= 0.6 is 0 Å². The Hall–Kier alpha value is -4.63. The van der Waals surface area contributed by atoms with Crippen LogP contribution in [0.2, 0.25) is 0 Å². The predicted molar refractivity (Wildman–Crippen MR) is 135 cm³/mol. The first-order valence-corrected chi connectivity index (χ1v) is 11.0. The zero-order chi connectivity index (χ0) is 24.8. The monoisotopic (exact) mass is 466 g/mol. The number of fused-ring (bicyclic) bond motifs is 1. The van der Waals surface area contributed by atoms with E-state index in [1.165, 1.54) is 30.3 Å². The third-order valence-electron chi connectivity index (χ3n) is 5.63. The number of rotatable bonds is 7. The van der Waals surface area contributed by atoms with Gasteiger partial charge in [-0.15, -0.1) is 0 Å². The maximum Gasteiger partial charge on any atom is 0.266 e. The molecule has 0 aromatic heterocycles. The van der Waals surface area contributed by atoms with E-state index in [-0.39, 0.29) is 5.57 Å². The number of nitrogens with zero attached hydrogens (tertiary/aromatic N) is 1. The standard InChI is InChI=1S/C29H23FN2O3/c1-19-7-8-20-5-3-4-6-26(20)27(19)18-35-28-16-25(34-2)14-9-21(28)15-22(17-31)29(33)32-24-12-10-23(30)11-13-24/h3-16H,18H2,1-2H3,(H,32,33)/b22-15+. The van der Waals surface area contributed by atoms with Gasteiger partial charge in [0.25, 0.3) is 5.91 Å². The van der Waals surface area contributed by atoms with E-state index >= 15 is 0 Å². The number of anilines is 1. The molecule has 4 aromatic rings. The van der Waals surface area contributed by atoms with Gasteiger partial charge in [-0.25, -0.2) is 4.39 Å². The Bertz CT molecular complexity index is 1450. The normalized spacial score (nSPS) is 11.1. The first kappa shape index (κ1) is 23.5. The van der Waals surface area contributed by atoms with Crippen LogP contribution in [0.3, 0.4) is 0 Å². The molecule has 0 radical (unpaired) electrons. The number of carbonyl (C=O) groups is 1. The Balaban J connectivity index is 1.63. The molecule has 0 spiro atoms. The van der Waals surface area contributed by atoms with Crippen LogP contribution in [-0.2, 0) is 11.4 Å². The van der Waals surface area contributed by atoms with Gasteiger partial charge in [0.15, 0.2) is 0 Å². The molecule has 0 aliphatic carbocycles. The molecule has 35 heavy (non-hydrogen) atoms. The van der Waals surface area contributed by atoms with Crippen LogP contribution in [0.15, 0.2) is 84.4 Å². The van der Waals surface area contributed by atoms with Crippen molar-refractivity contribution in [2.45, 2.75) is 13.5 Å². The van der Waals surface area contributed by atoms with Crippen molar-refractivity contribution in [2.24, 2.45) is 0 Å². The molecule has 174 valence electrons. The number of hydrogen-bond acceptors (Lipinski definition) is 4. The molecule has 6 heteroatoms. The highest BCUT2D eigenvalue weighted by atomic mass is 19.1. The molecule has 0 unspecified atom stereocenters. The van der Waals surface area contributed by atoms with E-state index in [1.807, 2.05) is 25.1 Å². The summed E-state index contributed by atoms with van der Waals surface area (Å²) in [7, 11) is 1.56. The average Bonchev–Trinajstić information content (AvgIpc) is 2.88. The number of aryl methyl sites for hydroxylation is 1. The van der Waals surface area contributed by atoms with Gasteiger partial charge in [0, 0.05) is 22.9 Å². The summed E-state index contributed by atoms with van der Waals surface area (Å²) < 4.78 is 24.7. The van der Waals surface area contributed by atoms with Crippen LogP contribution in [0.4, 0.5) is 10.1 Å². The van der Waals surface area contributed by atoms with Crippen molar-refractivity contribution in [3.63, 3.8) is 0 Å². The second-order valence-electron chi connectivity index (χ2n) is 7.91.